The van der Waals surface area contributed by atoms with Crippen LogP contribution >= 0.6 is 0 Å². The number of likely N-dealkylation sites (tertiary alicyclic amines) is 1. The average Bonchev–Trinajstić information content (AvgIpc) is 2.27. The second-order valence-corrected chi connectivity index (χ2v) is 5.15. The molecule has 1 amide bonds. The third kappa shape index (κ3) is 4.64. The summed E-state index contributed by atoms with van der Waals surface area (Å²) in [6, 6.07) is 0. The zero-order valence-electron chi connectivity index (χ0n) is 11.1. The third-order valence-electron chi connectivity index (χ3n) is 3.69. The number of carbonyl (C=O) groups is 2. The Bertz CT molecular complexity index is 288. The number of amides is 1. The van der Waals surface area contributed by atoms with Gasteiger partial charge in [0.15, 0.2) is 0 Å². The van der Waals surface area contributed by atoms with E-state index in [0.717, 1.165) is 19.3 Å². The van der Waals surface area contributed by atoms with Gasteiger partial charge in [-0.05, 0) is 25.3 Å². The summed E-state index contributed by atoms with van der Waals surface area (Å²) in [5.74, 6) is 0.0701. The summed E-state index contributed by atoms with van der Waals surface area (Å²) in [5.41, 5.74) is 5.52. The van der Waals surface area contributed by atoms with Crippen LogP contribution in [0.3, 0.4) is 0 Å². The number of carboxylic acid groups (broad SMARTS) is 1. The fourth-order valence-corrected chi connectivity index (χ4v) is 2.42. The van der Waals surface area contributed by atoms with E-state index in [2.05, 4.69) is 6.92 Å². The van der Waals surface area contributed by atoms with Crippen molar-refractivity contribution in [3.63, 3.8) is 0 Å². The van der Waals surface area contributed by atoms with Crippen molar-refractivity contribution in [2.75, 3.05) is 19.6 Å². The Morgan fingerprint density at radius 2 is 2.06 bits per heavy atom. The predicted molar refractivity (Wildman–Crippen MR) is 69.0 cm³/mol. The lowest BCUT2D eigenvalue weighted by Gasteiger charge is -2.38. The summed E-state index contributed by atoms with van der Waals surface area (Å²) >= 11 is 0. The number of carbonyl (C=O) groups excluding carboxylic acids is 1. The Balaban J connectivity index is 2.17. The fourth-order valence-electron chi connectivity index (χ4n) is 2.42. The zero-order chi connectivity index (χ0) is 13.5. The van der Waals surface area contributed by atoms with Crippen LogP contribution in [0.15, 0.2) is 0 Å². The van der Waals surface area contributed by atoms with Crippen molar-refractivity contribution in [2.24, 2.45) is 17.6 Å². The largest absolute Gasteiger partial charge is 0.481 e. The maximum atomic E-state index is 11.8. The summed E-state index contributed by atoms with van der Waals surface area (Å²) in [7, 11) is 0. The molecule has 18 heavy (non-hydrogen) atoms. The van der Waals surface area contributed by atoms with Gasteiger partial charge in [-0.25, -0.2) is 0 Å². The molecular weight excluding hydrogens is 232 g/mol. The van der Waals surface area contributed by atoms with Gasteiger partial charge in [0.1, 0.15) is 0 Å². The van der Waals surface area contributed by atoms with E-state index in [1.54, 1.807) is 4.90 Å². The van der Waals surface area contributed by atoms with E-state index >= 15 is 0 Å². The number of rotatable bonds is 8. The summed E-state index contributed by atoms with van der Waals surface area (Å²) in [6.45, 7) is 4.02. The van der Waals surface area contributed by atoms with E-state index in [1.165, 1.54) is 0 Å². The molecule has 0 aromatic rings. The molecule has 0 aliphatic carbocycles. The van der Waals surface area contributed by atoms with E-state index in [1.807, 2.05) is 0 Å². The number of nitrogens with zero attached hydrogens (tertiary/aromatic N) is 1. The van der Waals surface area contributed by atoms with Gasteiger partial charge < -0.3 is 15.7 Å². The quantitative estimate of drug-likeness (QED) is 0.680. The third-order valence-corrected chi connectivity index (χ3v) is 3.69. The second-order valence-electron chi connectivity index (χ2n) is 5.15. The van der Waals surface area contributed by atoms with Gasteiger partial charge in [-0.2, -0.15) is 0 Å². The average molecular weight is 256 g/mol. The highest BCUT2D eigenvalue weighted by Crippen LogP contribution is 2.22. The number of nitrogens with two attached hydrogens (primary N) is 1. The van der Waals surface area contributed by atoms with Crippen molar-refractivity contribution in [1.29, 1.82) is 0 Å². The lowest BCUT2D eigenvalue weighted by atomic mass is 9.93. The maximum absolute atomic E-state index is 11.8. The van der Waals surface area contributed by atoms with E-state index in [-0.39, 0.29) is 18.2 Å². The Morgan fingerprint density at radius 3 is 2.56 bits per heavy atom. The molecule has 1 fully saturated rings. The van der Waals surface area contributed by atoms with Crippen LogP contribution < -0.4 is 5.73 Å². The van der Waals surface area contributed by atoms with E-state index in [0.29, 0.717) is 32.0 Å². The molecule has 1 rings (SSSR count). The minimum absolute atomic E-state index is 0.150. The van der Waals surface area contributed by atoms with Gasteiger partial charge in [0, 0.05) is 25.4 Å². The highest BCUT2D eigenvalue weighted by atomic mass is 16.4. The SMILES string of the molecule is CCC(CCN)CCC(=O)N1CC(CC(=O)O)C1. The lowest BCUT2D eigenvalue weighted by Crippen LogP contribution is -2.50. The normalized spacial score (nSPS) is 17.3. The molecule has 5 nitrogen and oxygen atoms in total. The Hall–Kier alpha value is -1.10. The summed E-state index contributed by atoms with van der Waals surface area (Å²) in [5, 5.41) is 8.63. The van der Waals surface area contributed by atoms with Crippen LogP contribution in [0.2, 0.25) is 0 Å². The number of hydrogen-bond acceptors (Lipinski definition) is 3. The first-order valence-corrected chi connectivity index (χ1v) is 6.76. The van der Waals surface area contributed by atoms with Crippen LogP contribution in [-0.4, -0.2) is 41.5 Å². The molecule has 104 valence electrons. The molecule has 0 aromatic carbocycles. The van der Waals surface area contributed by atoms with Crippen molar-refractivity contribution in [3.8, 4) is 0 Å². The van der Waals surface area contributed by atoms with Gasteiger partial charge in [-0.1, -0.05) is 13.3 Å². The molecule has 1 heterocycles. The van der Waals surface area contributed by atoms with Crippen molar-refractivity contribution < 1.29 is 14.7 Å². The van der Waals surface area contributed by atoms with Crippen LogP contribution in [0.1, 0.15) is 39.0 Å². The van der Waals surface area contributed by atoms with Crippen molar-refractivity contribution in [2.45, 2.75) is 39.0 Å². The highest BCUT2D eigenvalue weighted by Gasteiger charge is 2.31. The van der Waals surface area contributed by atoms with E-state index < -0.39 is 5.97 Å². The molecule has 0 saturated carbocycles. The number of carboxylic acids is 1. The molecule has 1 aliphatic heterocycles. The highest BCUT2D eigenvalue weighted by molar-refractivity contribution is 5.77. The molecular formula is C13H24N2O3. The van der Waals surface area contributed by atoms with Gasteiger partial charge in [-0.3, -0.25) is 9.59 Å². The first kappa shape index (κ1) is 15.0. The number of hydrogen-bond donors (Lipinski definition) is 2. The molecule has 0 radical (unpaired) electrons. The van der Waals surface area contributed by atoms with E-state index in [9.17, 15) is 9.59 Å². The lowest BCUT2D eigenvalue weighted by molar-refractivity contribution is -0.145. The minimum atomic E-state index is -0.777. The molecule has 0 aromatic heterocycles. The predicted octanol–water partition coefficient (Wildman–Crippen LogP) is 1.07. The molecule has 1 saturated heterocycles. The molecule has 0 bridgehead atoms. The fraction of sp³-hybridized carbons (Fsp3) is 0.846. The van der Waals surface area contributed by atoms with Gasteiger partial charge in [-0.15, -0.1) is 0 Å². The summed E-state index contributed by atoms with van der Waals surface area (Å²) < 4.78 is 0. The van der Waals surface area contributed by atoms with Crippen LogP contribution in [0.5, 0.6) is 0 Å². The maximum Gasteiger partial charge on any atom is 0.303 e. The number of aliphatic carboxylic acids is 1. The minimum Gasteiger partial charge on any atom is -0.481 e. The standard InChI is InChI=1S/C13H24N2O3/c1-2-10(5-6-14)3-4-12(16)15-8-11(9-15)7-13(17)18/h10-11H,2-9,14H2,1H3,(H,17,18). The first-order chi connectivity index (χ1) is 8.56. The Kier molecular flexibility index (Phi) is 6.12. The monoisotopic (exact) mass is 256 g/mol. The summed E-state index contributed by atoms with van der Waals surface area (Å²) in [4.78, 5) is 24.1. The van der Waals surface area contributed by atoms with Crippen LogP contribution in [0.4, 0.5) is 0 Å². The van der Waals surface area contributed by atoms with Crippen molar-refractivity contribution in [1.82, 2.24) is 4.90 Å². The van der Waals surface area contributed by atoms with Gasteiger partial charge >= 0.3 is 5.97 Å². The Morgan fingerprint density at radius 1 is 1.39 bits per heavy atom. The van der Waals surface area contributed by atoms with Gasteiger partial charge in [0.2, 0.25) is 5.91 Å². The molecule has 1 aliphatic rings. The molecule has 1 atom stereocenters. The second kappa shape index (κ2) is 7.36. The van der Waals surface area contributed by atoms with Crippen LogP contribution in [0.25, 0.3) is 0 Å². The van der Waals surface area contributed by atoms with Crippen LogP contribution in [0, 0.1) is 11.8 Å². The topological polar surface area (TPSA) is 83.6 Å². The zero-order valence-corrected chi connectivity index (χ0v) is 11.1. The summed E-state index contributed by atoms with van der Waals surface area (Å²) in [6.07, 6.45) is 3.68. The van der Waals surface area contributed by atoms with Gasteiger partial charge in [0.25, 0.3) is 0 Å². The van der Waals surface area contributed by atoms with Crippen molar-refractivity contribution >= 4 is 11.9 Å². The van der Waals surface area contributed by atoms with Gasteiger partial charge in [0.05, 0.1) is 6.42 Å². The molecule has 0 spiro atoms. The van der Waals surface area contributed by atoms with Crippen LogP contribution in [-0.2, 0) is 9.59 Å². The molecule has 3 N–H and O–H groups in total. The molecule has 1 unspecified atom stereocenters. The Labute approximate surface area is 108 Å². The smallest absolute Gasteiger partial charge is 0.303 e. The first-order valence-electron chi connectivity index (χ1n) is 6.76. The van der Waals surface area contributed by atoms with E-state index in [4.69, 9.17) is 10.8 Å². The molecule has 5 heteroatoms. The van der Waals surface area contributed by atoms with Crippen molar-refractivity contribution in [3.05, 3.63) is 0 Å².